The number of carbonyl (C=O) groups is 1. The molecule has 6 atom stereocenters. The first-order chi connectivity index (χ1) is 10.2. The van der Waals surface area contributed by atoms with Gasteiger partial charge in [-0.15, -0.1) is 0 Å². The van der Waals surface area contributed by atoms with Gasteiger partial charge in [0.1, 0.15) is 0 Å². The van der Waals surface area contributed by atoms with Crippen LogP contribution in [0.4, 0.5) is 0 Å². The zero-order chi connectivity index (χ0) is 14.8. The van der Waals surface area contributed by atoms with Gasteiger partial charge in [0.2, 0.25) is 0 Å². The summed E-state index contributed by atoms with van der Waals surface area (Å²) in [6.45, 7) is 0.507. The number of esters is 1. The van der Waals surface area contributed by atoms with E-state index < -0.39 is 6.10 Å². The third-order valence-electron chi connectivity index (χ3n) is 4.99. The van der Waals surface area contributed by atoms with Gasteiger partial charge in [0.15, 0.2) is 0 Å². The number of rotatable bonds is 5. The Morgan fingerprint density at radius 3 is 2.86 bits per heavy atom. The fourth-order valence-corrected chi connectivity index (χ4v) is 3.60. The molecule has 3 aliphatic rings. The Balaban J connectivity index is 1.42. The molecule has 1 heterocycles. The molecule has 2 saturated carbocycles. The van der Waals surface area contributed by atoms with E-state index in [2.05, 4.69) is 5.48 Å². The van der Waals surface area contributed by atoms with Crippen molar-refractivity contribution >= 4 is 5.97 Å². The topological polar surface area (TPSA) is 80.3 Å². The number of nitrogens with one attached hydrogen (secondary N) is 1. The summed E-state index contributed by atoms with van der Waals surface area (Å²) in [7, 11) is 1.52. The van der Waals surface area contributed by atoms with Crippen LogP contribution in [-0.4, -0.2) is 49.1 Å². The highest BCUT2D eigenvalue weighted by Crippen LogP contribution is 2.39. The third kappa shape index (κ3) is 3.74. The van der Waals surface area contributed by atoms with Crippen molar-refractivity contribution in [3.05, 3.63) is 0 Å². The summed E-state index contributed by atoms with van der Waals surface area (Å²) >= 11 is 0. The molecule has 3 fully saturated rings. The number of aliphatic hydroxyl groups excluding tert-OH is 1. The normalized spacial score (nSPS) is 42.2. The lowest BCUT2D eigenvalue weighted by Gasteiger charge is -2.32. The summed E-state index contributed by atoms with van der Waals surface area (Å²) in [5.41, 5.74) is 2.76. The number of carbonyl (C=O) groups excluding carboxylic acids is 1. The van der Waals surface area contributed by atoms with E-state index >= 15 is 0 Å². The lowest BCUT2D eigenvalue weighted by Crippen LogP contribution is -2.45. The van der Waals surface area contributed by atoms with Gasteiger partial charge in [0.25, 0.3) is 0 Å². The molecule has 1 aliphatic heterocycles. The van der Waals surface area contributed by atoms with Gasteiger partial charge in [-0.05, 0) is 44.4 Å². The van der Waals surface area contributed by atoms with Crippen LogP contribution in [0.25, 0.3) is 0 Å². The van der Waals surface area contributed by atoms with Crippen molar-refractivity contribution in [3.8, 4) is 0 Å². The molecule has 21 heavy (non-hydrogen) atoms. The number of aliphatic hydroxyl groups is 1. The van der Waals surface area contributed by atoms with E-state index in [0.717, 1.165) is 19.3 Å². The van der Waals surface area contributed by atoms with Crippen LogP contribution in [0, 0.1) is 11.8 Å². The molecule has 0 aromatic carbocycles. The molecule has 3 rings (SSSR count). The van der Waals surface area contributed by atoms with Crippen molar-refractivity contribution in [3.63, 3.8) is 0 Å². The Bertz CT molecular complexity index is 377. The highest BCUT2D eigenvalue weighted by molar-refractivity contribution is 5.72. The van der Waals surface area contributed by atoms with E-state index in [1.54, 1.807) is 0 Å². The van der Waals surface area contributed by atoms with Gasteiger partial charge in [-0.1, -0.05) is 0 Å². The lowest BCUT2D eigenvalue weighted by molar-refractivity contribution is -0.153. The summed E-state index contributed by atoms with van der Waals surface area (Å²) in [5, 5.41) is 9.86. The van der Waals surface area contributed by atoms with E-state index in [0.29, 0.717) is 44.0 Å². The number of ether oxygens (including phenoxy) is 2. The molecule has 2 N–H and O–H groups in total. The number of epoxide rings is 1. The van der Waals surface area contributed by atoms with Crippen LogP contribution in [0.3, 0.4) is 0 Å². The second-order valence-electron chi connectivity index (χ2n) is 6.53. The first-order valence-electron chi connectivity index (χ1n) is 7.96. The molecule has 0 aromatic heterocycles. The molecule has 0 radical (unpaired) electrons. The molecule has 120 valence electrons. The Hall–Kier alpha value is -0.690. The third-order valence-corrected chi connectivity index (χ3v) is 4.99. The van der Waals surface area contributed by atoms with Crippen LogP contribution in [-0.2, 0) is 19.1 Å². The van der Waals surface area contributed by atoms with Crippen LogP contribution < -0.4 is 5.48 Å². The molecule has 0 spiro atoms. The monoisotopic (exact) mass is 299 g/mol. The fourth-order valence-electron chi connectivity index (χ4n) is 3.60. The van der Waals surface area contributed by atoms with Gasteiger partial charge in [0.05, 0.1) is 44.0 Å². The van der Waals surface area contributed by atoms with E-state index in [9.17, 15) is 9.90 Å². The van der Waals surface area contributed by atoms with Gasteiger partial charge in [-0.2, -0.15) is 5.48 Å². The molecule has 6 unspecified atom stereocenters. The minimum absolute atomic E-state index is 0.136. The van der Waals surface area contributed by atoms with E-state index in [1.165, 1.54) is 7.11 Å². The molecule has 1 saturated heterocycles. The standard InChI is InChI=1S/C15H25NO5/c1-19-16-11-7-10(3-4-12(11)17)15(18)20-8-9-2-5-13-14(6-9)21-13/h9-14,16-17H,2-8H2,1H3. The highest BCUT2D eigenvalue weighted by Gasteiger charge is 2.44. The number of hydrogen-bond acceptors (Lipinski definition) is 6. The first kappa shape index (κ1) is 15.2. The Morgan fingerprint density at radius 1 is 1.24 bits per heavy atom. The van der Waals surface area contributed by atoms with Crippen molar-refractivity contribution < 1.29 is 24.2 Å². The molecule has 0 aromatic rings. The SMILES string of the molecule is CONC1CC(C(=O)OCC2CCC3OC3C2)CCC1O. The number of hydroxylamine groups is 1. The summed E-state index contributed by atoms with van der Waals surface area (Å²) in [6.07, 6.45) is 5.49. The van der Waals surface area contributed by atoms with Gasteiger partial charge in [0, 0.05) is 0 Å². The summed E-state index contributed by atoms with van der Waals surface area (Å²) in [5.74, 6) is 0.165. The van der Waals surface area contributed by atoms with E-state index in [-0.39, 0.29) is 17.9 Å². The first-order valence-corrected chi connectivity index (χ1v) is 7.96. The van der Waals surface area contributed by atoms with E-state index in [4.69, 9.17) is 14.3 Å². The van der Waals surface area contributed by atoms with Crippen molar-refractivity contribution in [2.45, 2.75) is 62.9 Å². The summed E-state index contributed by atoms with van der Waals surface area (Å²) in [6, 6.07) is -0.198. The number of fused-ring (bicyclic) bond motifs is 1. The molecule has 2 aliphatic carbocycles. The second-order valence-corrected chi connectivity index (χ2v) is 6.53. The van der Waals surface area contributed by atoms with Crippen LogP contribution in [0.15, 0.2) is 0 Å². The van der Waals surface area contributed by atoms with Crippen LogP contribution >= 0.6 is 0 Å². The molecule has 6 nitrogen and oxygen atoms in total. The van der Waals surface area contributed by atoms with Crippen LogP contribution in [0.1, 0.15) is 38.5 Å². The van der Waals surface area contributed by atoms with Gasteiger partial charge < -0.3 is 19.4 Å². The molecule has 6 heteroatoms. The van der Waals surface area contributed by atoms with Crippen molar-refractivity contribution in [2.24, 2.45) is 11.8 Å². The predicted octanol–water partition coefficient (Wildman–Crippen LogP) is 0.778. The average molecular weight is 299 g/mol. The Morgan fingerprint density at radius 2 is 2.10 bits per heavy atom. The number of hydrogen-bond donors (Lipinski definition) is 2. The van der Waals surface area contributed by atoms with Crippen LogP contribution in [0.5, 0.6) is 0 Å². The molecular formula is C15H25NO5. The molecule has 0 bridgehead atoms. The van der Waals surface area contributed by atoms with Gasteiger partial charge in [-0.25, -0.2) is 0 Å². The van der Waals surface area contributed by atoms with Crippen molar-refractivity contribution in [2.75, 3.05) is 13.7 Å². The van der Waals surface area contributed by atoms with Crippen molar-refractivity contribution in [1.29, 1.82) is 0 Å². The quantitative estimate of drug-likeness (QED) is 0.443. The minimum atomic E-state index is -0.462. The van der Waals surface area contributed by atoms with Crippen molar-refractivity contribution in [1.82, 2.24) is 5.48 Å². The second kappa shape index (κ2) is 6.60. The van der Waals surface area contributed by atoms with Gasteiger partial charge in [-0.3, -0.25) is 4.79 Å². The van der Waals surface area contributed by atoms with Gasteiger partial charge >= 0.3 is 5.97 Å². The fraction of sp³-hybridized carbons (Fsp3) is 0.933. The maximum atomic E-state index is 12.2. The average Bonchev–Trinajstić information content (AvgIpc) is 3.26. The Labute approximate surface area is 125 Å². The molecule has 0 amide bonds. The molecular weight excluding hydrogens is 274 g/mol. The Kier molecular flexibility index (Phi) is 4.78. The zero-order valence-corrected chi connectivity index (χ0v) is 12.5. The smallest absolute Gasteiger partial charge is 0.309 e. The maximum Gasteiger partial charge on any atom is 0.309 e. The van der Waals surface area contributed by atoms with E-state index in [1.807, 2.05) is 0 Å². The van der Waals surface area contributed by atoms with Crippen LogP contribution in [0.2, 0.25) is 0 Å². The summed E-state index contributed by atoms with van der Waals surface area (Å²) in [4.78, 5) is 17.1. The zero-order valence-electron chi connectivity index (χ0n) is 12.5. The lowest BCUT2D eigenvalue weighted by atomic mass is 9.84. The maximum absolute atomic E-state index is 12.2. The summed E-state index contributed by atoms with van der Waals surface area (Å²) < 4.78 is 11.0. The highest BCUT2D eigenvalue weighted by atomic mass is 16.6. The minimum Gasteiger partial charge on any atom is -0.465 e. The largest absolute Gasteiger partial charge is 0.465 e. The predicted molar refractivity (Wildman–Crippen MR) is 74.2 cm³/mol.